The van der Waals surface area contributed by atoms with Gasteiger partial charge in [0.15, 0.2) is 6.10 Å². The molecule has 0 N–H and O–H groups in total. The van der Waals surface area contributed by atoms with E-state index in [4.69, 9.17) is 14.2 Å². The van der Waals surface area contributed by atoms with Gasteiger partial charge in [0.2, 0.25) is 0 Å². The molecule has 0 saturated heterocycles. The summed E-state index contributed by atoms with van der Waals surface area (Å²) in [4.78, 5) is 38.1. The standard InChI is InChI=1S/C62H98O6/c1-4-7-10-13-16-19-22-25-28-30-31-33-34-37-40-43-46-49-52-55-61(64)67-58-59(57-66-60(63)54-51-48-45-42-39-36-27-24-21-18-15-12-9-6-3)68-62(65)56-53-50-47-44-41-38-35-32-29-26-23-20-17-14-11-8-5-2/h7-8,10-11,16-17,19-20,24-29,31,33,35,37-38,40,44,47,59H,4-6,9,12-15,18,21-23,30,32,34,36,39,41-43,45-46,48-58H2,1-3H3/b10-7+,11-8+,19-16+,20-17+,27-24+,28-25+,29-26+,33-31+,38-35+,40-37+,47-44+/t59-/m1/s1. The molecule has 0 aromatic rings. The molecule has 0 aliphatic carbocycles. The van der Waals surface area contributed by atoms with Gasteiger partial charge in [0, 0.05) is 19.3 Å². The SMILES string of the molecule is CC/C=C/C/C=C/C/C=C/C/C=C/C/C=C/CCCCCC(=O)OC[C@@H](COC(=O)CCCCCCC/C=C/CCCCCCC)OC(=O)CCC/C=C/C/C=C/C/C=C/C/C=C/C/C=C/CC. The van der Waals surface area contributed by atoms with E-state index in [1.807, 2.05) is 0 Å². The smallest absolute Gasteiger partial charge is 0.306 e. The molecule has 0 saturated carbocycles. The maximum atomic E-state index is 12.8. The van der Waals surface area contributed by atoms with Crippen molar-refractivity contribution in [3.8, 4) is 0 Å². The molecule has 0 radical (unpaired) electrons. The van der Waals surface area contributed by atoms with E-state index in [0.29, 0.717) is 19.3 Å². The number of allylic oxidation sites excluding steroid dienone is 22. The van der Waals surface area contributed by atoms with Gasteiger partial charge in [0.05, 0.1) is 0 Å². The van der Waals surface area contributed by atoms with Gasteiger partial charge in [-0.15, -0.1) is 0 Å². The minimum atomic E-state index is -0.830. The zero-order valence-electron chi connectivity index (χ0n) is 43.6. The van der Waals surface area contributed by atoms with Crippen molar-refractivity contribution < 1.29 is 28.6 Å². The Morgan fingerprint density at radius 2 is 0.588 bits per heavy atom. The molecule has 6 nitrogen and oxygen atoms in total. The lowest BCUT2D eigenvalue weighted by Crippen LogP contribution is -2.30. The van der Waals surface area contributed by atoms with Crippen molar-refractivity contribution in [2.75, 3.05) is 13.2 Å². The number of unbranched alkanes of at least 4 members (excludes halogenated alkanes) is 14. The van der Waals surface area contributed by atoms with Crippen molar-refractivity contribution in [1.29, 1.82) is 0 Å². The van der Waals surface area contributed by atoms with E-state index in [0.717, 1.165) is 128 Å². The Morgan fingerprint density at radius 3 is 0.971 bits per heavy atom. The minimum absolute atomic E-state index is 0.120. The molecule has 68 heavy (non-hydrogen) atoms. The van der Waals surface area contributed by atoms with Crippen LogP contribution in [-0.2, 0) is 28.6 Å². The lowest BCUT2D eigenvalue weighted by atomic mass is 10.1. The summed E-state index contributed by atoms with van der Waals surface area (Å²) >= 11 is 0. The number of ether oxygens (including phenoxy) is 3. The number of rotatable bonds is 47. The predicted octanol–water partition coefficient (Wildman–Crippen LogP) is 18.3. The molecule has 0 rings (SSSR count). The molecule has 0 bridgehead atoms. The van der Waals surface area contributed by atoms with Crippen LogP contribution >= 0.6 is 0 Å². The second kappa shape index (κ2) is 55.1. The summed E-state index contributed by atoms with van der Waals surface area (Å²) in [5.74, 6) is -1.03. The molecule has 0 aromatic carbocycles. The lowest BCUT2D eigenvalue weighted by Gasteiger charge is -2.18. The maximum absolute atomic E-state index is 12.8. The van der Waals surface area contributed by atoms with Gasteiger partial charge in [-0.25, -0.2) is 0 Å². The summed E-state index contributed by atoms with van der Waals surface area (Å²) in [6.07, 6.45) is 77.3. The fourth-order valence-corrected chi connectivity index (χ4v) is 6.85. The van der Waals surface area contributed by atoms with E-state index < -0.39 is 6.10 Å². The zero-order valence-corrected chi connectivity index (χ0v) is 43.6. The third kappa shape index (κ3) is 52.5. The van der Waals surface area contributed by atoms with Crippen LogP contribution in [0.5, 0.6) is 0 Å². The van der Waals surface area contributed by atoms with Gasteiger partial charge >= 0.3 is 17.9 Å². The fourth-order valence-electron chi connectivity index (χ4n) is 6.85. The second-order valence-electron chi connectivity index (χ2n) is 17.4. The predicted molar refractivity (Wildman–Crippen MR) is 292 cm³/mol. The summed E-state index contributed by atoms with van der Waals surface area (Å²) in [7, 11) is 0. The van der Waals surface area contributed by atoms with Gasteiger partial charge in [-0.1, -0.05) is 206 Å². The summed E-state index contributed by atoms with van der Waals surface area (Å²) in [6, 6.07) is 0. The topological polar surface area (TPSA) is 78.9 Å². The van der Waals surface area contributed by atoms with Crippen LogP contribution in [0.3, 0.4) is 0 Å². The van der Waals surface area contributed by atoms with Crippen LogP contribution in [0.15, 0.2) is 134 Å². The van der Waals surface area contributed by atoms with Crippen LogP contribution in [0.4, 0.5) is 0 Å². The average Bonchev–Trinajstić information content (AvgIpc) is 3.34. The summed E-state index contributed by atoms with van der Waals surface area (Å²) in [5.41, 5.74) is 0. The molecule has 0 spiro atoms. The molecule has 0 heterocycles. The van der Waals surface area contributed by atoms with Crippen molar-refractivity contribution in [3.63, 3.8) is 0 Å². The summed E-state index contributed by atoms with van der Waals surface area (Å²) in [5, 5.41) is 0. The van der Waals surface area contributed by atoms with Gasteiger partial charge in [0.25, 0.3) is 0 Å². The first kappa shape index (κ1) is 63.5. The van der Waals surface area contributed by atoms with E-state index in [-0.39, 0.29) is 37.5 Å². The lowest BCUT2D eigenvalue weighted by molar-refractivity contribution is -0.167. The highest BCUT2D eigenvalue weighted by Gasteiger charge is 2.19. The van der Waals surface area contributed by atoms with Crippen LogP contribution in [0.1, 0.15) is 220 Å². The molecule has 0 unspecified atom stereocenters. The molecule has 6 heteroatoms. The molecule has 1 atom stereocenters. The Kier molecular flexibility index (Phi) is 51.5. The van der Waals surface area contributed by atoms with Crippen LogP contribution in [0.25, 0.3) is 0 Å². The highest BCUT2D eigenvalue weighted by Crippen LogP contribution is 2.12. The molecule has 0 amide bonds. The van der Waals surface area contributed by atoms with Crippen LogP contribution < -0.4 is 0 Å². The molecular weight excluding hydrogens is 841 g/mol. The zero-order chi connectivity index (χ0) is 49.3. The van der Waals surface area contributed by atoms with Gasteiger partial charge in [-0.05, 0) is 128 Å². The number of esters is 3. The molecule has 382 valence electrons. The van der Waals surface area contributed by atoms with Crippen molar-refractivity contribution >= 4 is 17.9 Å². The first-order valence-electron chi connectivity index (χ1n) is 27.2. The summed E-state index contributed by atoms with van der Waals surface area (Å²) < 4.78 is 16.7. The number of hydrogen-bond donors (Lipinski definition) is 0. The number of carbonyl (C=O) groups excluding carboxylic acids is 3. The van der Waals surface area contributed by atoms with Gasteiger partial charge < -0.3 is 14.2 Å². The Morgan fingerprint density at radius 1 is 0.309 bits per heavy atom. The average molecular weight is 939 g/mol. The van der Waals surface area contributed by atoms with Crippen LogP contribution in [0, 0.1) is 0 Å². The van der Waals surface area contributed by atoms with E-state index in [1.165, 1.54) is 44.9 Å². The Hall–Kier alpha value is -4.45. The Bertz CT molecular complexity index is 1500. The van der Waals surface area contributed by atoms with Crippen LogP contribution in [0.2, 0.25) is 0 Å². The monoisotopic (exact) mass is 939 g/mol. The van der Waals surface area contributed by atoms with Crippen molar-refractivity contribution in [3.05, 3.63) is 134 Å². The Balaban J connectivity index is 4.58. The molecule has 0 aliphatic heterocycles. The molecular formula is C62H98O6. The van der Waals surface area contributed by atoms with Crippen molar-refractivity contribution in [2.24, 2.45) is 0 Å². The number of carbonyl (C=O) groups is 3. The Labute approximate surface area is 417 Å². The largest absolute Gasteiger partial charge is 0.462 e. The first-order chi connectivity index (χ1) is 33.5. The normalized spacial score (nSPS) is 13.2. The van der Waals surface area contributed by atoms with Gasteiger partial charge in [-0.3, -0.25) is 14.4 Å². The molecule has 0 fully saturated rings. The first-order valence-corrected chi connectivity index (χ1v) is 27.2. The second-order valence-corrected chi connectivity index (χ2v) is 17.4. The minimum Gasteiger partial charge on any atom is -0.462 e. The maximum Gasteiger partial charge on any atom is 0.306 e. The molecule has 0 aromatic heterocycles. The quantitative estimate of drug-likeness (QED) is 0.0262. The van der Waals surface area contributed by atoms with E-state index in [1.54, 1.807) is 0 Å². The highest BCUT2D eigenvalue weighted by atomic mass is 16.6. The summed E-state index contributed by atoms with van der Waals surface area (Å²) in [6.45, 7) is 6.30. The van der Waals surface area contributed by atoms with E-state index in [2.05, 4.69) is 154 Å². The number of hydrogen-bond acceptors (Lipinski definition) is 6. The van der Waals surface area contributed by atoms with Gasteiger partial charge in [0.1, 0.15) is 13.2 Å². The van der Waals surface area contributed by atoms with Crippen molar-refractivity contribution in [1.82, 2.24) is 0 Å². The molecule has 0 aliphatic rings. The third-order valence-electron chi connectivity index (χ3n) is 10.9. The van der Waals surface area contributed by atoms with E-state index in [9.17, 15) is 14.4 Å². The van der Waals surface area contributed by atoms with E-state index >= 15 is 0 Å². The van der Waals surface area contributed by atoms with Gasteiger partial charge in [-0.2, -0.15) is 0 Å². The highest BCUT2D eigenvalue weighted by molar-refractivity contribution is 5.71. The fraction of sp³-hybridized carbons (Fsp3) is 0.597. The third-order valence-corrected chi connectivity index (χ3v) is 10.9. The van der Waals surface area contributed by atoms with Crippen LogP contribution in [-0.4, -0.2) is 37.2 Å². The van der Waals surface area contributed by atoms with Crippen molar-refractivity contribution in [2.45, 2.75) is 226 Å².